The van der Waals surface area contributed by atoms with Gasteiger partial charge in [0.25, 0.3) is 0 Å². The fourth-order valence-corrected chi connectivity index (χ4v) is 1.31. The molecule has 0 amide bonds. The number of benzene rings is 1. The van der Waals surface area contributed by atoms with E-state index < -0.39 is 6.10 Å². The zero-order chi connectivity index (χ0) is 11.4. The lowest BCUT2D eigenvalue weighted by molar-refractivity contribution is 0.199. The van der Waals surface area contributed by atoms with E-state index in [9.17, 15) is 5.11 Å². The monoisotopic (exact) mass is 219 g/mol. The smallest absolute Gasteiger partial charge is 0.130 e. The van der Waals surface area contributed by atoms with Crippen molar-refractivity contribution in [2.45, 2.75) is 19.6 Å². The molecule has 0 bridgehead atoms. The van der Waals surface area contributed by atoms with Crippen LogP contribution >= 0.6 is 0 Å². The van der Waals surface area contributed by atoms with Crippen LogP contribution in [0.3, 0.4) is 0 Å². The van der Waals surface area contributed by atoms with Gasteiger partial charge in [-0.15, -0.1) is 0 Å². The number of nitrogens with zero attached hydrogens (tertiary/aromatic N) is 1. The fourth-order valence-electron chi connectivity index (χ4n) is 1.31. The largest absolute Gasteiger partial charge is 0.489 e. The van der Waals surface area contributed by atoms with Gasteiger partial charge in [-0.1, -0.05) is 17.3 Å². The minimum atomic E-state index is -0.452. The molecule has 1 unspecified atom stereocenters. The zero-order valence-electron chi connectivity index (χ0n) is 8.96. The predicted octanol–water partition coefficient (Wildman–Crippen LogP) is 2.31. The average molecular weight is 219 g/mol. The Morgan fingerprint density at radius 3 is 2.69 bits per heavy atom. The maximum Gasteiger partial charge on any atom is 0.130 e. The molecule has 1 aromatic carbocycles. The molecule has 1 heterocycles. The molecule has 0 saturated carbocycles. The van der Waals surface area contributed by atoms with Crippen molar-refractivity contribution in [3.8, 4) is 5.75 Å². The maximum atomic E-state index is 9.33. The lowest BCUT2D eigenvalue weighted by Crippen LogP contribution is -1.95. The Morgan fingerprint density at radius 1 is 1.38 bits per heavy atom. The summed E-state index contributed by atoms with van der Waals surface area (Å²) in [5.74, 6) is 0.755. The van der Waals surface area contributed by atoms with Gasteiger partial charge in [-0.3, -0.25) is 0 Å². The van der Waals surface area contributed by atoms with E-state index in [1.807, 2.05) is 24.3 Å². The summed E-state index contributed by atoms with van der Waals surface area (Å²) >= 11 is 0. The number of hydrogen-bond donors (Lipinski definition) is 1. The van der Waals surface area contributed by atoms with Gasteiger partial charge in [0.1, 0.15) is 18.6 Å². The summed E-state index contributed by atoms with van der Waals surface area (Å²) < 4.78 is 10.2. The fraction of sp³-hybridized carbons (Fsp3) is 0.250. The molecule has 0 saturated heterocycles. The quantitative estimate of drug-likeness (QED) is 0.857. The van der Waals surface area contributed by atoms with E-state index in [0.717, 1.165) is 16.9 Å². The highest BCUT2D eigenvalue weighted by molar-refractivity contribution is 5.28. The molecule has 0 aliphatic carbocycles. The van der Waals surface area contributed by atoms with E-state index in [-0.39, 0.29) is 0 Å². The van der Waals surface area contributed by atoms with Gasteiger partial charge >= 0.3 is 0 Å². The summed E-state index contributed by atoms with van der Waals surface area (Å²) in [6, 6.07) is 7.34. The SMILES string of the molecule is CC(O)c1ccc(OCc2cnoc2)cc1. The Hall–Kier alpha value is -1.81. The van der Waals surface area contributed by atoms with Crippen molar-refractivity contribution in [2.24, 2.45) is 0 Å². The Kier molecular flexibility index (Phi) is 3.22. The summed E-state index contributed by atoms with van der Waals surface area (Å²) in [5.41, 5.74) is 1.76. The van der Waals surface area contributed by atoms with Crippen LogP contribution in [0.25, 0.3) is 0 Å². The highest BCUT2D eigenvalue weighted by Gasteiger charge is 2.01. The highest BCUT2D eigenvalue weighted by Crippen LogP contribution is 2.18. The van der Waals surface area contributed by atoms with Crippen molar-refractivity contribution in [2.75, 3.05) is 0 Å². The van der Waals surface area contributed by atoms with E-state index in [1.165, 1.54) is 0 Å². The van der Waals surface area contributed by atoms with E-state index in [4.69, 9.17) is 9.26 Å². The Balaban J connectivity index is 1.95. The van der Waals surface area contributed by atoms with E-state index in [0.29, 0.717) is 6.61 Å². The first-order valence-electron chi connectivity index (χ1n) is 5.05. The number of aliphatic hydroxyl groups excluding tert-OH is 1. The van der Waals surface area contributed by atoms with Crippen LogP contribution in [-0.4, -0.2) is 10.3 Å². The molecular formula is C12H13NO3. The summed E-state index contributed by atoms with van der Waals surface area (Å²) in [6.07, 6.45) is 2.71. The number of rotatable bonds is 4. The van der Waals surface area contributed by atoms with Crippen molar-refractivity contribution < 1.29 is 14.4 Å². The number of aromatic nitrogens is 1. The van der Waals surface area contributed by atoms with Crippen LogP contribution in [0, 0.1) is 0 Å². The second-order valence-corrected chi connectivity index (χ2v) is 3.57. The van der Waals surface area contributed by atoms with Gasteiger partial charge in [-0.25, -0.2) is 0 Å². The lowest BCUT2D eigenvalue weighted by atomic mass is 10.1. The molecule has 1 aromatic heterocycles. The van der Waals surface area contributed by atoms with Gasteiger partial charge < -0.3 is 14.4 Å². The summed E-state index contributed by atoms with van der Waals surface area (Å²) in [5, 5.41) is 12.9. The predicted molar refractivity (Wildman–Crippen MR) is 57.9 cm³/mol. The first-order chi connectivity index (χ1) is 7.75. The standard InChI is InChI=1S/C12H13NO3/c1-9(14)11-2-4-12(5-3-11)15-7-10-6-13-16-8-10/h2-6,8-9,14H,7H2,1H3. The highest BCUT2D eigenvalue weighted by atomic mass is 16.5. The molecule has 4 nitrogen and oxygen atoms in total. The van der Waals surface area contributed by atoms with Gasteiger partial charge in [0.15, 0.2) is 0 Å². The van der Waals surface area contributed by atoms with Gasteiger partial charge in [-0.2, -0.15) is 0 Å². The van der Waals surface area contributed by atoms with Crippen LogP contribution in [0.4, 0.5) is 0 Å². The normalized spacial score (nSPS) is 12.4. The van der Waals surface area contributed by atoms with Crippen molar-refractivity contribution in [3.05, 3.63) is 47.9 Å². The van der Waals surface area contributed by atoms with Crippen molar-refractivity contribution >= 4 is 0 Å². The molecule has 0 fully saturated rings. The third-order valence-electron chi connectivity index (χ3n) is 2.25. The molecule has 0 aliphatic rings. The van der Waals surface area contributed by atoms with Crippen molar-refractivity contribution in [1.29, 1.82) is 0 Å². The third-order valence-corrected chi connectivity index (χ3v) is 2.25. The van der Waals surface area contributed by atoms with Crippen LogP contribution in [0.1, 0.15) is 24.2 Å². The third kappa shape index (κ3) is 2.61. The molecule has 1 atom stereocenters. The summed E-state index contributed by atoms with van der Waals surface area (Å²) in [4.78, 5) is 0. The van der Waals surface area contributed by atoms with E-state index in [2.05, 4.69) is 5.16 Å². The second-order valence-electron chi connectivity index (χ2n) is 3.57. The van der Waals surface area contributed by atoms with Crippen LogP contribution in [0.5, 0.6) is 5.75 Å². The Labute approximate surface area is 93.5 Å². The van der Waals surface area contributed by atoms with E-state index in [1.54, 1.807) is 19.4 Å². The molecule has 84 valence electrons. The number of aliphatic hydroxyl groups is 1. The first-order valence-corrected chi connectivity index (χ1v) is 5.05. The molecule has 16 heavy (non-hydrogen) atoms. The van der Waals surface area contributed by atoms with Crippen LogP contribution in [-0.2, 0) is 6.61 Å². The number of ether oxygens (including phenoxy) is 1. The molecule has 0 aliphatic heterocycles. The molecular weight excluding hydrogens is 206 g/mol. The maximum absolute atomic E-state index is 9.33. The molecule has 4 heteroatoms. The molecule has 0 spiro atoms. The molecule has 1 N–H and O–H groups in total. The summed E-state index contributed by atoms with van der Waals surface area (Å²) in [7, 11) is 0. The van der Waals surface area contributed by atoms with Crippen LogP contribution < -0.4 is 4.74 Å². The zero-order valence-corrected chi connectivity index (χ0v) is 8.96. The second kappa shape index (κ2) is 4.81. The minimum Gasteiger partial charge on any atom is -0.489 e. The lowest BCUT2D eigenvalue weighted by Gasteiger charge is -2.07. The van der Waals surface area contributed by atoms with Gasteiger partial charge in [0, 0.05) is 5.56 Å². The first kappa shape index (κ1) is 10.7. The van der Waals surface area contributed by atoms with Crippen molar-refractivity contribution in [3.63, 3.8) is 0 Å². The van der Waals surface area contributed by atoms with Crippen LogP contribution in [0.15, 0.2) is 41.2 Å². The minimum absolute atomic E-state index is 0.428. The topological polar surface area (TPSA) is 55.5 Å². The molecule has 2 aromatic rings. The average Bonchev–Trinajstić information content (AvgIpc) is 2.80. The van der Waals surface area contributed by atoms with Gasteiger partial charge in [0.2, 0.25) is 0 Å². The number of hydrogen-bond acceptors (Lipinski definition) is 4. The molecule has 0 radical (unpaired) electrons. The van der Waals surface area contributed by atoms with Gasteiger partial charge in [-0.05, 0) is 24.6 Å². The van der Waals surface area contributed by atoms with Crippen molar-refractivity contribution in [1.82, 2.24) is 5.16 Å². The Bertz CT molecular complexity index is 420. The van der Waals surface area contributed by atoms with Gasteiger partial charge in [0.05, 0.1) is 12.3 Å². The van der Waals surface area contributed by atoms with E-state index >= 15 is 0 Å². The van der Waals surface area contributed by atoms with Crippen LogP contribution in [0.2, 0.25) is 0 Å². The summed E-state index contributed by atoms with van der Waals surface area (Å²) in [6.45, 7) is 2.16. The molecule has 2 rings (SSSR count). The Morgan fingerprint density at radius 2 is 2.12 bits per heavy atom.